The Bertz CT molecular complexity index is 193. The third kappa shape index (κ3) is 7.66. The molecule has 0 aliphatic heterocycles. The Labute approximate surface area is 80.2 Å². The first-order valence-electron chi connectivity index (χ1n) is 4.07. The lowest BCUT2D eigenvalue weighted by molar-refractivity contribution is -0.143. The lowest BCUT2D eigenvalue weighted by Gasteiger charge is -2.17. The monoisotopic (exact) mass is 213 g/mol. The molecule has 0 aliphatic rings. The van der Waals surface area contributed by atoms with E-state index < -0.39 is 12.7 Å². The first-order chi connectivity index (χ1) is 6.35. The molecule has 0 bridgehead atoms. The molecule has 0 aliphatic carbocycles. The van der Waals surface area contributed by atoms with Crippen LogP contribution in [0.2, 0.25) is 0 Å². The topological polar surface area (TPSA) is 61.8 Å². The lowest BCUT2D eigenvalue weighted by Crippen LogP contribution is -2.32. The summed E-state index contributed by atoms with van der Waals surface area (Å²) in [7, 11) is 1.37. The zero-order valence-electron chi connectivity index (χ0n) is 7.88. The van der Waals surface area contributed by atoms with Gasteiger partial charge in [0, 0.05) is 6.42 Å². The highest BCUT2D eigenvalue weighted by Crippen LogP contribution is 2.15. The number of oxime groups is 1. The largest absolute Gasteiger partial charge is 0.409 e. The zero-order valence-corrected chi connectivity index (χ0v) is 7.88. The predicted octanol–water partition coefficient (Wildman–Crippen LogP) is 1.01. The van der Waals surface area contributed by atoms with Gasteiger partial charge in [0.05, 0.1) is 6.54 Å². The summed E-state index contributed by atoms with van der Waals surface area (Å²) < 4.78 is 35.5. The molecule has 0 aromatic rings. The van der Waals surface area contributed by atoms with Crippen LogP contribution in [0.1, 0.15) is 12.8 Å². The molecule has 0 spiro atoms. The van der Waals surface area contributed by atoms with Crippen molar-refractivity contribution in [1.82, 2.24) is 4.90 Å². The van der Waals surface area contributed by atoms with Crippen molar-refractivity contribution in [1.29, 1.82) is 0 Å². The molecule has 0 aromatic carbocycles. The molecule has 4 nitrogen and oxygen atoms in total. The van der Waals surface area contributed by atoms with Crippen molar-refractivity contribution in [2.75, 3.05) is 20.1 Å². The van der Waals surface area contributed by atoms with Crippen LogP contribution in [-0.2, 0) is 0 Å². The number of amidine groups is 1. The molecule has 0 unspecified atom stereocenters. The summed E-state index contributed by atoms with van der Waals surface area (Å²) in [5, 5.41) is 10.9. The maximum absolute atomic E-state index is 11.8. The highest BCUT2D eigenvalue weighted by Gasteiger charge is 2.28. The van der Waals surface area contributed by atoms with E-state index in [0.29, 0.717) is 12.8 Å². The van der Waals surface area contributed by atoms with E-state index in [9.17, 15) is 13.2 Å². The number of alkyl halides is 3. The summed E-state index contributed by atoms with van der Waals surface area (Å²) in [6, 6.07) is 0. The summed E-state index contributed by atoms with van der Waals surface area (Å²) in [6.45, 7) is -0.682. The smallest absolute Gasteiger partial charge is 0.401 e. The summed E-state index contributed by atoms with van der Waals surface area (Å²) in [4.78, 5) is 1.14. The van der Waals surface area contributed by atoms with Crippen LogP contribution < -0.4 is 5.73 Å². The predicted molar refractivity (Wildman–Crippen MR) is 46.2 cm³/mol. The van der Waals surface area contributed by atoms with Crippen molar-refractivity contribution in [2.45, 2.75) is 19.0 Å². The Morgan fingerprint density at radius 2 is 2.07 bits per heavy atom. The Balaban J connectivity index is 3.60. The molecule has 3 N–H and O–H groups in total. The fourth-order valence-electron chi connectivity index (χ4n) is 0.965. The highest BCUT2D eigenvalue weighted by molar-refractivity contribution is 5.79. The molecule has 0 heterocycles. The first kappa shape index (κ1) is 13.0. The summed E-state index contributed by atoms with van der Waals surface area (Å²) >= 11 is 0. The SMILES string of the molecule is CN(CCC/C(N)=N/O)CC(F)(F)F. The van der Waals surface area contributed by atoms with E-state index in [1.165, 1.54) is 7.05 Å². The maximum Gasteiger partial charge on any atom is 0.401 e. The van der Waals surface area contributed by atoms with E-state index in [0.717, 1.165) is 4.90 Å². The van der Waals surface area contributed by atoms with Gasteiger partial charge < -0.3 is 10.9 Å². The summed E-state index contributed by atoms with van der Waals surface area (Å²) in [5.74, 6) is 0.0328. The van der Waals surface area contributed by atoms with Gasteiger partial charge in [-0.1, -0.05) is 5.16 Å². The normalized spacial score (nSPS) is 13.6. The molecule has 0 atom stereocenters. The van der Waals surface area contributed by atoms with Gasteiger partial charge in [-0.2, -0.15) is 13.2 Å². The van der Waals surface area contributed by atoms with Crippen LogP contribution in [0, 0.1) is 0 Å². The molecule has 7 heteroatoms. The second kappa shape index (κ2) is 5.69. The van der Waals surface area contributed by atoms with Crippen LogP contribution in [0.15, 0.2) is 5.16 Å². The van der Waals surface area contributed by atoms with Gasteiger partial charge in [0.25, 0.3) is 0 Å². The minimum absolute atomic E-state index is 0.0328. The molecule has 0 amide bonds. The van der Waals surface area contributed by atoms with Crippen molar-refractivity contribution in [3.8, 4) is 0 Å². The third-order valence-electron chi connectivity index (χ3n) is 1.55. The lowest BCUT2D eigenvalue weighted by atomic mass is 10.3. The molecule has 0 radical (unpaired) electrons. The third-order valence-corrected chi connectivity index (χ3v) is 1.55. The molecule has 0 rings (SSSR count). The van der Waals surface area contributed by atoms with Gasteiger partial charge in [-0.15, -0.1) is 0 Å². The highest BCUT2D eigenvalue weighted by atomic mass is 19.4. The van der Waals surface area contributed by atoms with Crippen LogP contribution >= 0.6 is 0 Å². The molecule has 14 heavy (non-hydrogen) atoms. The molecular formula is C7H14F3N3O. The Kier molecular flexibility index (Phi) is 5.29. The molecular weight excluding hydrogens is 199 g/mol. The second-order valence-corrected chi connectivity index (χ2v) is 3.05. The molecule has 0 fully saturated rings. The number of rotatable bonds is 5. The zero-order chi connectivity index (χ0) is 11.2. The Morgan fingerprint density at radius 1 is 1.50 bits per heavy atom. The number of halogens is 3. The van der Waals surface area contributed by atoms with Gasteiger partial charge in [0.15, 0.2) is 0 Å². The van der Waals surface area contributed by atoms with E-state index in [1.807, 2.05) is 0 Å². The molecule has 0 saturated carbocycles. The van der Waals surface area contributed by atoms with Crippen LogP contribution in [-0.4, -0.2) is 42.3 Å². The first-order valence-corrected chi connectivity index (χ1v) is 4.07. The van der Waals surface area contributed by atoms with E-state index in [4.69, 9.17) is 10.9 Å². The average Bonchev–Trinajstić information content (AvgIpc) is 2.00. The number of nitrogens with zero attached hydrogens (tertiary/aromatic N) is 2. The van der Waals surface area contributed by atoms with Crippen molar-refractivity contribution in [3.05, 3.63) is 0 Å². The Morgan fingerprint density at radius 3 is 2.50 bits per heavy atom. The van der Waals surface area contributed by atoms with Gasteiger partial charge in [0.1, 0.15) is 5.84 Å². The van der Waals surface area contributed by atoms with Crippen LogP contribution in [0.25, 0.3) is 0 Å². The standard InChI is InChI=1S/C7H14F3N3O/c1-13(5-7(8,9)10)4-2-3-6(11)12-14/h14H,2-5H2,1H3,(H2,11,12). The van der Waals surface area contributed by atoms with Gasteiger partial charge in [-0.3, -0.25) is 4.90 Å². The Hall–Kier alpha value is -0.980. The van der Waals surface area contributed by atoms with E-state index >= 15 is 0 Å². The van der Waals surface area contributed by atoms with Crippen molar-refractivity contribution < 1.29 is 18.4 Å². The quantitative estimate of drug-likeness (QED) is 0.310. The minimum Gasteiger partial charge on any atom is -0.409 e. The van der Waals surface area contributed by atoms with Gasteiger partial charge in [0.2, 0.25) is 0 Å². The summed E-state index contributed by atoms with van der Waals surface area (Å²) in [6.07, 6.45) is -3.45. The number of hydrogen-bond acceptors (Lipinski definition) is 3. The van der Waals surface area contributed by atoms with Crippen LogP contribution in [0.4, 0.5) is 13.2 Å². The number of nitrogens with two attached hydrogens (primary N) is 1. The van der Waals surface area contributed by atoms with Crippen molar-refractivity contribution in [2.24, 2.45) is 10.9 Å². The van der Waals surface area contributed by atoms with Crippen LogP contribution in [0.3, 0.4) is 0 Å². The maximum atomic E-state index is 11.8. The molecule has 84 valence electrons. The average molecular weight is 213 g/mol. The van der Waals surface area contributed by atoms with E-state index in [1.54, 1.807) is 0 Å². The molecule has 0 saturated heterocycles. The summed E-state index contributed by atoms with van der Waals surface area (Å²) in [5.41, 5.74) is 5.15. The second-order valence-electron chi connectivity index (χ2n) is 3.05. The minimum atomic E-state index is -4.18. The number of hydrogen-bond donors (Lipinski definition) is 2. The van der Waals surface area contributed by atoms with Crippen LogP contribution in [0.5, 0.6) is 0 Å². The van der Waals surface area contributed by atoms with Gasteiger partial charge in [-0.05, 0) is 20.0 Å². The fourth-order valence-corrected chi connectivity index (χ4v) is 0.965. The van der Waals surface area contributed by atoms with Crippen molar-refractivity contribution >= 4 is 5.84 Å². The molecule has 0 aromatic heterocycles. The van der Waals surface area contributed by atoms with E-state index in [2.05, 4.69) is 5.16 Å². The van der Waals surface area contributed by atoms with Gasteiger partial charge >= 0.3 is 6.18 Å². The fraction of sp³-hybridized carbons (Fsp3) is 0.857. The van der Waals surface area contributed by atoms with E-state index in [-0.39, 0.29) is 12.4 Å². The van der Waals surface area contributed by atoms with Crippen molar-refractivity contribution in [3.63, 3.8) is 0 Å². The van der Waals surface area contributed by atoms with Gasteiger partial charge in [-0.25, -0.2) is 0 Å².